The van der Waals surface area contributed by atoms with Gasteiger partial charge in [0.15, 0.2) is 0 Å². The highest BCUT2D eigenvalue weighted by molar-refractivity contribution is 7.89. The summed E-state index contributed by atoms with van der Waals surface area (Å²) < 4.78 is 34.9. The Morgan fingerprint density at radius 3 is 2.32 bits per heavy atom. The highest BCUT2D eigenvalue weighted by Gasteiger charge is 2.29. The Balaban J connectivity index is 1.76. The maximum absolute atomic E-state index is 13.2. The Morgan fingerprint density at radius 2 is 1.61 bits per heavy atom. The Labute approximate surface area is 186 Å². The monoisotopic (exact) mass is 453 g/mol. The van der Waals surface area contributed by atoms with Gasteiger partial charge in [0.2, 0.25) is 21.8 Å². The van der Waals surface area contributed by atoms with E-state index in [-0.39, 0.29) is 16.7 Å². The first-order valence-electron chi connectivity index (χ1n) is 9.58. The van der Waals surface area contributed by atoms with Gasteiger partial charge in [-0.2, -0.15) is 4.72 Å². The molecule has 31 heavy (non-hydrogen) atoms. The lowest BCUT2D eigenvalue weighted by Crippen LogP contribution is -2.30. The SMILES string of the molecule is Cc1ccc(S(=O)(=O)N[C@H](c2nnc(-c3ccccc3)o2)c2ccccc2Cl)cc1C. The molecule has 0 saturated heterocycles. The molecule has 4 aromatic rings. The van der Waals surface area contributed by atoms with Gasteiger partial charge in [0, 0.05) is 10.6 Å². The summed E-state index contributed by atoms with van der Waals surface area (Å²) in [6.45, 7) is 3.79. The molecule has 0 unspecified atom stereocenters. The number of rotatable bonds is 6. The molecule has 0 radical (unpaired) electrons. The van der Waals surface area contributed by atoms with Gasteiger partial charge >= 0.3 is 0 Å². The van der Waals surface area contributed by atoms with Crippen molar-refractivity contribution in [2.75, 3.05) is 0 Å². The molecule has 0 aliphatic rings. The van der Waals surface area contributed by atoms with E-state index in [1.807, 2.05) is 44.2 Å². The quantitative estimate of drug-likeness (QED) is 0.440. The molecule has 0 fully saturated rings. The number of halogens is 1. The molecule has 0 aliphatic heterocycles. The van der Waals surface area contributed by atoms with E-state index < -0.39 is 16.1 Å². The van der Waals surface area contributed by atoms with Crippen LogP contribution in [0.3, 0.4) is 0 Å². The van der Waals surface area contributed by atoms with E-state index in [9.17, 15) is 8.42 Å². The van der Waals surface area contributed by atoms with Crippen LogP contribution in [0.5, 0.6) is 0 Å². The molecule has 1 aromatic heterocycles. The second kappa shape index (κ2) is 8.63. The topological polar surface area (TPSA) is 85.1 Å². The number of aryl methyl sites for hydroxylation is 2. The fourth-order valence-corrected chi connectivity index (χ4v) is 4.61. The zero-order chi connectivity index (χ0) is 22.0. The van der Waals surface area contributed by atoms with Crippen LogP contribution in [0.4, 0.5) is 0 Å². The van der Waals surface area contributed by atoms with Crippen molar-refractivity contribution in [3.05, 3.63) is 100 Å². The van der Waals surface area contributed by atoms with Crippen molar-refractivity contribution in [3.8, 4) is 11.5 Å². The van der Waals surface area contributed by atoms with Crippen molar-refractivity contribution in [3.63, 3.8) is 0 Å². The van der Waals surface area contributed by atoms with Gasteiger partial charge in [-0.3, -0.25) is 0 Å². The zero-order valence-electron chi connectivity index (χ0n) is 16.9. The Bertz CT molecular complexity index is 1320. The van der Waals surface area contributed by atoms with Crippen LogP contribution in [-0.2, 0) is 10.0 Å². The van der Waals surface area contributed by atoms with Crippen molar-refractivity contribution < 1.29 is 12.8 Å². The number of hydrogen-bond acceptors (Lipinski definition) is 5. The predicted octanol–water partition coefficient (Wildman–Crippen LogP) is 5.07. The van der Waals surface area contributed by atoms with Crippen LogP contribution in [-0.4, -0.2) is 18.6 Å². The lowest BCUT2D eigenvalue weighted by Gasteiger charge is -2.17. The number of hydrogen-bond donors (Lipinski definition) is 1. The number of nitrogens with one attached hydrogen (secondary N) is 1. The maximum atomic E-state index is 13.2. The summed E-state index contributed by atoms with van der Waals surface area (Å²) in [5, 5.41) is 8.60. The van der Waals surface area contributed by atoms with E-state index >= 15 is 0 Å². The smallest absolute Gasteiger partial charge is 0.247 e. The molecular weight excluding hydrogens is 434 g/mol. The minimum Gasteiger partial charge on any atom is -0.419 e. The van der Waals surface area contributed by atoms with Crippen LogP contribution >= 0.6 is 11.6 Å². The first kappa shape index (κ1) is 21.2. The molecule has 1 atom stereocenters. The molecule has 4 rings (SSSR count). The number of sulfonamides is 1. The van der Waals surface area contributed by atoms with Gasteiger partial charge in [-0.15, -0.1) is 10.2 Å². The summed E-state index contributed by atoms with van der Waals surface area (Å²) in [5.41, 5.74) is 3.13. The van der Waals surface area contributed by atoms with Crippen LogP contribution < -0.4 is 4.72 Å². The van der Waals surface area contributed by atoms with Crippen molar-refractivity contribution in [2.45, 2.75) is 24.8 Å². The highest BCUT2D eigenvalue weighted by Crippen LogP contribution is 2.31. The molecule has 0 saturated carbocycles. The lowest BCUT2D eigenvalue weighted by atomic mass is 10.1. The minimum atomic E-state index is -3.90. The third-order valence-corrected chi connectivity index (χ3v) is 6.75. The number of nitrogens with zero attached hydrogens (tertiary/aromatic N) is 2. The zero-order valence-corrected chi connectivity index (χ0v) is 18.5. The lowest BCUT2D eigenvalue weighted by molar-refractivity contribution is 0.464. The average Bonchev–Trinajstić information content (AvgIpc) is 3.25. The van der Waals surface area contributed by atoms with Crippen molar-refractivity contribution in [1.82, 2.24) is 14.9 Å². The third-order valence-electron chi connectivity index (χ3n) is 4.99. The molecule has 0 amide bonds. The molecule has 0 spiro atoms. The van der Waals surface area contributed by atoms with Gasteiger partial charge in [0.1, 0.15) is 6.04 Å². The summed E-state index contributed by atoms with van der Waals surface area (Å²) in [4.78, 5) is 0.149. The molecule has 1 heterocycles. The molecule has 158 valence electrons. The van der Waals surface area contributed by atoms with E-state index in [2.05, 4.69) is 14.9 Å². The Morgan fingerprint density at radius 1 is 0.903 bits per heavy atom. The Hall–Kier alpha value is -3.00. The van der Waals surface area contributed by atoms with E-state index in [1.54, 1.807) is 42.5 Å². The van der Waals surface area contributed by atoms with E-state index in [0.29, 0.717) is 10.6 Å². The summed E-state index contributed by atoms with van der Waals surface area (Å²) in [6, 6.07) is 20.2. The van der Waals surface area contributed by atoms with E-state index in [1.165, 1.54) is 0 Å². The molecule has 6 nitrogen and oxygen atoms in total. The maximum Gasteiger partial charge on any atom is 0.247 e. The fourth-order valence-electron chi connectivity index (χ4n) is 3.11. The molecule has 0 aliphatic carbocycles. The summed E-state index contributed by atoms with van der Waals surface area (Å²) >= 11 is 6.39. The van der Waals surface area contributed by atoms with Gasteiger partial charge in [-0.1, -0.05) is 54.1 Å². The van der Waals surface area contributed by atoms with Gasteiger partial charge in [-0.05, 0) is 60.9 Å². The first-order chi connectivity index (χ1) is 14.8. The van der Waals surface area contributed by atoms with Gasteiger partial charge < -0.3 is 4.42 Å². The van der Waals surface area contributed by atoms with Gasteiger partial charge in [0.05, 0.1) is 4.90 Å². The van der Waals surface area contributed by atoms with Crippen LogP contribution in [0.2, 0.25) is 5.02 Å². The van der Waals surface area contributed by atoms with Gasteiger partial charge in [-0.25, -0.2) is 8.42 Å². The van der Waals surface area contributed by atoms with Crippen LogP contribution in [0, 0.1) is 13.8 Å². The van der Waals surface area contributed by atoms with Crippen molar-refractivity contribution in [1.29, 1.82) is 0 Å². The normalized spacial score (nSPS) is 12.6. The third kappa shape index (κ3) is 4.54. The molecule has 8 heteroatoms. The predicted molar refractivity (Wildman–Crippen MR) is 119 cm³/mol. The second-order valence-corrected chi connectivity index (χ2v) is 9.25. The average molecular weight is 454 g/mol. The molecule has 1 N–H and O–H groups in total. The Kier molecular flexibility index (Phi) is 5.91. The summed E-state index contributed by atoms with van der Waals surface area (Å²) in [6.07, 6.45) is 0. The standard InChI is InChI=1S/C23H20ClN3O3S/c1-15-12-13-18(14-16(15)2)31(28,29)27-21(19-10-6-7-11-20(19)24)23-26-25-22(30-23)17-8-4-3-5-9-17/h3-14,21,27H,1-2H3/t21-/m0/s1. The fraction of sp³-hybridized carbons (Fsp3) is 0.130. The summed E-state index contributed by atoms with van der Waals surface area (Å²) in [7, 11) is -3.90. The van der Waals surface area contributed by atoms with Crippen LogP contribution in [0.25, 0.3) is 11.5 Å². The summed E-state index contributed by atoms with van der Waals surface area (Å²) in [5.74, 6) is 0.386. The van der Waals surface area contributed by atoms with Crippen molar-refractivity contribution in [2.24, 2.45) is 0 Å². The molecule has 3 aromatic carbocycles. The van der Waals surface area contributed by atoms with E-state index in [4.69, 9.17) is 16.0 Å². The highest BCUT2D eigenvalue weighted by atomic mass is 35.5. The van der Waals surface area contributed by atoms with E-state index in [0.717, 1.165) is 16.7 Å². The van der Waals surface area contributed by atoms with Crippen LogP contribution in [0.1, 0.15) is 28.6 Å². The second-order valence-electron chi connectivity index (χ2n) is 7.13. The first-order valence-corrected chi connectivity index (χ1v) is 11.4. The van der Waals surface area contributed by atoms with Crippen molar-refractivity contribution >= 4 is 21.6 Å². The van der Waals surface area contributed by atoms with Gasteiger partial charge in [0.25, 0.3) is 0 Å². The minimum absolute atomic E-state index is 0.0966. The largest absolute Gasteiger partial charge is 0.419 e. The molecule has 0 bridgehead atoms. The number of benzene rings is 3. The van der Waals surface area contributed by atoms with Crippen LogP contribution in [0.15, 0.2) is 82.1 Å². The molecular formula is C23H20ClN3O3S. The number of aromatic nitrogens is 2.